The molecule has 1 atom stereocenters. The van der Waals surface area contributed by atoms with E-state index in [1.165, 1.54) is 18.2 Å². The van der Waals surface area contributed by atoms with Crippen molar-refractivity contribution in [1.82, 2.24) is 15.4 Å². The smallest absolute Gasteiger partial charge is 0.276 e. The molecule has 10 nitrogen and oxygen atoms in total. The van der Waals surface area contributed by atoms with Crippen molar-refractivity contribution in [2.75, 3.05) is 0 Å². The molecule has 5 N–H and O–H groups in total. The fourth-order valence-corrected chi connectivity index (χ4v) is 2.56. The van der Waals surface area contributed by atoms with Crippen molar-refractivity contribution < 1.29 is 10.0 Å². The normalized spacial score (nSPS) is 12.5. The largest absolute Gasteiger partial charge is 0.382 e. The molecule has 3 aromatic rings. The molecule has 0 aliphatic heterocycles. The van der Waals surface area contributed by atoms with Gasteiger partial charge in [0.1, 0.15) is 11.8 Å². The second-order valence-electron chi connectivity index (χ2n) is 5.66. The van der Waals surface area contributed by atoms with Gasteiger partial charge in [0.05, 0.1) is 16.0 Å². The van der Waals surface area contributed by atoms with E-state index >= 15 is 0 Å². The van der Waals surface area contributed by atoms with Gasteiger partial charge in [0.25, 0.3) is 11.2 Å². The lowest BCUT2D eigenvalue weighted by Gasteiger charge is -2.14. The first kappa shape index (κ1) is 19.1. The van der Waals surface area contributed by atoms with Crippen LogP contribution in [-0.2, 0) is 0 Å². The third kappa shape index (κ3) is 4.00. The highest BCUT2D eigenvalue weighted by Gasteiger charge is 2.23. The topological polar surface area (TPSA) is 160 Å². The van der Waals surface area contributed by atoms with E-state index in [0.717, 1.165) is 0 Å². The second-order valence-corrected chi connectivity index (χ2v) is 6.10. The Morgan fingerprint density at radius 3 is 2.68 bits per heavy atom. The van der Waals surface area contributed by atoms with E-state index in [4.69, 9.17) is 18.0 Å². The highest BCUT2D eigenvalue weighted by atomic mass is 32.1. The zero-order chi connectivity index (χ0) is 20.3. The van der Waals surface area contributed by atoms with Gasteiger partial charge >= 0.3 is 0 Å². The van der Waals surface area contributed by atoms with Crippen LogP contribution in [0.1, 0.15) is 17.4 Å². The van der Waals surface area contributed by atoms with Gasteiger partial charge in [0, 0.05) is 12.1 Å². The van der Waals surface area contributed by atoms with E-state index in [-0.39, 0.29) is 33.2 Å². The summed E-state index contributed by atoms with van der Waals surface area (Å²) in [5.41, 5.74) is 7.50. The van der Waals surface area contributed by atoms with Gasteiger partial charge in [-0.2, -0.15) is 5.10 Å². The van der Waals surface area contributed by atoms with Crippen LogP contribution >= 0.6 is 12.2 Å². The number of hydrogen-bond donors (Lipinski definition) is 4. The molecule has 3 rings (SSSR count). The van der Waals surface area contributed by atoms with Crippen molar-refractivity contribution in [3.63, 3.8) is 0 Å². The minimum absolute atomic E-state index is 0.111. The maximum Gasteiger partial charge on any atom is 0.276 e. The predicted molar refractivity (Wildman–Crippen MR) is 107 cm³/mol. The Balaban J connectivity index is 2.15. The Hall–Kier alpha value is -3.70. The zero-order valence-corrected chi connectivity index (χ0v) is 15.0. The van der Waals surface area contributed by atoms with Crippen LogP contribution in [0.2, 0.25) is 0 Å². The number of nitro groups is 1. The number of nitrogens with zero attached hydrogens (tertiary/aromatic N) is 3. The van der Waals surface area contributed by atoms with E-state index in [2.05, 4.69) is 20.5 Å². The molecule has 1 heterocycles. The van der Waals surface area contributed by atoms with Crippen LogP contribution in [0, 0.1) is 10.1 Å². The lowest BCUT2D eigenvalue weighted by molar-refractivity contribution is -0.384. The molecule has 0 aliphatic carbocycles. The minimum atomic E-state index is -1.30. The average molecular weight is 398 g/mol. The molecule has 0 unspecified atom stereocenters. The first-order chi connectivity index (χ1) is 13.4. The number of aliphatic hydroxyl groups excluding tert-OH is 1. The number of aromatic amines is 1. The molecule has 0 spiro atoms. The molecule has 0 fully saturated rings. The lowest BCUT2D eigenvalue weighted by atomic mass is 10.0. The predicted octanol–water partition coefficient (Wildman–Crippen LogP) is 1.10. The highest BCUT2D eigenvalue weighted by Crippen LogP contribution is 2.20. The van der Waals surface area contributed by atoms with E-state index in [0.29, 0.717) is 5.56 Å². The van der Waals surface area contributed by atoms with E-state index in [1.54, 1.807) is 30.3 Å². The number of nitrogens with two attached hydrogens (primary N) is 1. The fraction of sp³-hybridized carbons (Fsp3) is 0.0588. The van der Waals surface area contributed by atoms with Crippen molar-refractivity contribution in [2.45, 2.75) is 6.10 Å². The SMILES string of the molecule is NC(=S)N/N=C(\c1nc2ccc([N+](=O)[O-])cc2[nH]c1=O)[C@H](O)c1ccccc1. The summed E-state index contributed by atoms with van der Waals surface area (Å²) in [6.45, 7) is 0. The van der Waals surface area contributed by atoms with Crippen LogP contribution in [0.15, 0.2) is 58.4 Å². The Morgan fingerprint density at radius 2 is 2.04 bits per heavy atom. The number of aromatic nitrogens is 2. The van der Waals surface area contributed by atoms with Gasteiger partial charge in [-0.15, -0.1) is 0 Å². The van der Waals surface area contributed by atoms with Crippen LogP contribution in [0.25, 0.3) is 11.0 Å². The Morgan fingerprint density at radius 1 is 1.32 bits per heavy atom. The monoisotopic (exact) mass is 398 g/mol. The standard InChI is InChI=1S/C17H14N6O4S/c18-17(28)22-21-13(15(24)9-4-2-1-3-5-9)14-16(25)20-12-8-10(23(26)27)6-7-11(12)19-14/h1-8,15,24H,(H,20,25)(H3,18,22,28)/b21-13+/t15-/m1/s1. The summed E-state index contributed by atoms with van der Waals surface area (Å²) in [7, 11) is 0. The molecule has 0 saturated carbocycles. The molecular weight excluding hydrogens is 384 g/mol. The fourth-order valence-electron chi connectivity index (χ4n) is 2.51. The van der Waals surface area contributed by atoms with E-state index in [1.807, 2.05) is 0 Å². The van der Waals surface area contributed by atoms with Crippen molar-refractivity contribution in [2.24, 2.45) is 10.8 Å². The van der Waals surface area contributed by atoms with E-state index in [9.17, 15) is 20.0 Å². The van der Waals surface area contributed by atoms with Gasteiger partial charge in [0.2, 0.25) is 0 Å². The van der Waals surface area contributed by atoms with Gasteiger partial charge in [-0.25, -0.2) is 4.98 Å². The molecule has 1 aromatic heterocycles. The van der Waals surface area contributed by atoms with Crippen molar-refractivity contribution >= 4 is 39.8 Å². The summed E-state index contributed by atoms with van der Waals surface area (Å²) in [6, 6.07) is 12.4. The van der Waals surface area contributed by atoms with Gasteiger partial charge in [0.15, 0.2) is 10.8 Å². The molecule has 0 bridgehead atoms. The first-order valence-electron chi connectivity index (χ1n) is 7.91. The van der Waals surface area contributed by atoms with Crippen LogP contribution in [0.4, 0.5) is 5.69 Å². The van der Waals surface area contributed by atoms with Crippen LogP contribution in [0.5, 0.6) is 0 Å². The lowest BCUT2D eigenvalue weighted by Crippen LogP contribution is -2.31. The number of nitro benzene ring substituents is 1. The quantitative estimate of drug-likeness (QED) is 0.215. The van der Waals surface area contributed by atoms with Crippen molar-refractivity contribution in [3.05, 3.63) is 80.3 Å². The molecular formula is C17H14N6O4S. The number of H-pyrrole nitrogens is 1. The first-order valence-corrected chi connectivity index (χ1v) is 8.32. The van der Waals surface area contributed by atoms with Gasteiger partial charge in [-0.1, -0.05) is 30.3 Å². The number of fused-ring (bicyclic) bond motifs is 1. The average Bonchev–Trinajstić information content (AvgIpc) is 2.68. The summed E-state index contributed by atoms with van der Waals surface area (Å²) in [5, 5.41) is 25.4. The number of aliphatic hydroxyl groups is 1. The maximum atomic E-state index is 12.6. The summed E-state index contributed by atoms with van der Waals surface area (Å²) >= 11 is 4.72. The van der Waals surface area contributed by atoms with Crippen LogP contribution < -0.4 is 16.7 Å². The summed E-state index contributed by atoms with van der Waals surface area (Å²) in [5.74, 6) is 0. The molecule has 0 saturated heterocycles. The van der Waals surface area contributed by atoms with Gasteiger partial charge < -0.3 is 15.8 Å². The number of rotatable bonds is 5. The molecule has 2 aromatic carbocycles. The Kier molecular flexibility index (Phi) is 5.38. The summed E-state index contributed by atoms with van der Waals surface area (Å²) < 4.78 is 0. The Bertz CT molecular complexity index is 1150. The van der Waals surface area contributed by atoms with Crippen LogP contribution in [-0.4, -0.2) is 30.8 Å². The molecule has 11 heteroatoms. The number of benzene rings is 2. The van der Waals surface area contributed by atoms with Crippen molar-refractivity contribution in [3.8, 4) is 0 Å². The van der Waals surface area contributed by atoms with Gasteiger partial charge in [-0.05, 0) is 23.8 Å². The molecule has 0 radical (unpaired) electrons. The maximum absolute atomic E-state index is 12.6. The number of hydrazone groups is 1. The van der Waals surface area contributed by atoms with Gasteiger partial charge in [-0.3, -0.25) is 20.3 Å². The molecule has 0 aliphatic rings. The number of thiocarbonyl (C=S) groups is 1. The van der Waals surface area contributed by atoms with E-state index < -0.39 is 16.6 Å². The third-order valence-corrected chi connectivity index (χ3v) is 3.88. The second kappa shape index (κ2) is 7.90. The summed E-state index contributed by atoms with van der Waals surface area (Å²) in [6.07, 6.45) is -1.30. The number of non-ortho nitro benzene ring substituents is 1. The Labute approximate surface area is 162 Å². The van der Waals surface area contributed by atoms with Crippen molar-refractivity contribution in [1.29, 1.82) is 0 Å². The third-order valence-electron chi connectivity index (χ3n) is 3.79. The zero-order valence-electron chi connectivity index (χ0n) is 14.2. The minimum Gasteiger partial charge on any atom is -0.382 e. The highest BCUT2D eigenvalue weighted by molar-refractivity contribution is 7.80. The molecule has 0 amide bonds. The van der Waals surface area contributed by atoms with Crippen LogP contribution in [0.3, 0.4) is 0 Å². The molecule has 142 valence electrons. The molecule has 28 heavy (non-hydrogen) atoms. The number of nitrogens with one attached hydrogen (secondary N) is 2. The summed E-state index contributed by atoms with van der Waals surface area (Å²) in [4.78, 5) is 29.6. The number of hydrogen-bond acceptors (Lipinski definition) is 7.